The molecule has 0 aliphatic heterocycles. The molecule has 0 bridgehead atoms. The summed E-state index contributed by atoms with van der Waals surface area (Å²) in [5, 5.41) is 3.24. The molecule has 1 amide bonds. The van der Waals surface area contributed by atoms with Gasteiger partial charge in [-0.3, -0.25) is 9.59 Å². The monoisotopic (exact) mass is 354 g/mol. The van der Waals surface area contributed by atoms with Gasteiger partial charge in [0, 0.05) is 16.9 Å². The van der Waals surface area contributed by atoms with Crippen LogP contribution in [0.1, 0.15) is 5.56 Å². The molecular formula is C14H12BrClN2O2. The van der Waals surface area contributed by atoms with E-state index in [-0.39, 0.29) is 18.0 Å². The van der Waals surface area contributed by atoms with Crippen LogP contribution in [0.25, 0.3) is 0 Å². The average Bonchev–Trinajstić information content (AvgIpc) is 2.35. The van der Waals surface area contributed by atoms with Crippen LogP contribution in [-0.2, 0) is 11.3 Å². The number of carbonyl (C=O) groups excluding carboxylic acids is 1. The Morgan fingerprint density at radius 3 is 2.85 bits per heavy atom. The summed E-state index contributed by atoms with van der Waals surface area (Å²) in [6.07, 6.45) is 1.64. The average molecular weight is 356 g/mol. The van der Waals surface area contributed by atoms with Gasteiger partial charge in [0.15, 0.2) is 0 Å². The van der Waals surface area contributed by atoms with Gasteiger partial charge in [-0.1, -0.05) is 17.7 Å². The first-order valence-corrected chi connectivity index (χ1v) is 7.05. The van der Waals surface area contributed by atoms with Crippen molar-refractivity contribution in [3.63, 3.8) is 0 Å². The number of hydrogen-bond donors (Lipinski definition) is 1. The van der Waals surface area contributed by atoms with Crippen molar-refractivity contribution in [2.45, 2.75) is 13.5 Å². The summed E-state index contributed by atoms with van der Waals surface area (Å²) < 4.78 is 1.80. The second-order valence-electron chi connectivity index (χ2n) is 4.36. The number of amides is 1. The number of pyridine rings is 1. The predicted octanol–water partition coefficient (Wildman–Crippen LogP) is 3.21. The first kappa shape index (κ1) is 14.8. The summed E-state index contributed by atoms with van der Waals surface area (Å²) in [6, 6.07) is 8.56. The van der Waals surface area contributed by atoms with E-state index in [1.165, 1.54) is 4.57 Å². The van der Waals surface area contributed by atoms with Crippen molar-refractivity contribution in [1.82, 2.24) is 4.57 Å². The molecule has 1 N–H and O–H groups in total. The van der Waals surface area contributed by atoms with Gasteiger partial charge in [0.2, 0.25) is 5.91 Å². The fraction of sp³-hybridized carbons (Fsp3) is 0.143. The number of aromatic nitrogens is 1. The Morgan fingerprint density at radius 1 is 1.40 bits per heavy atom. The summed E-state index contributed by atoms with van der Waals surface area (Å²) in [5.41, 5.74) is 1.26. The van der Waals surface area contributed by atoms with E-state index in [0.29, 0.717) is 15.2 Å². The van der Waals surface area contributed by atoms with Crippen LogP contribution in [0.3, 0.4) is 0 Å². The van der Waals surface area contributed by atoms with Crippen molar-refractivity contribution >= 4 is 39.1 Å². The fourth-order valence-corrected chi connectivity index (χ4v) is 2.56. The Kier molecular flexibility index (Phi) is 4.62. The second kappa shape index (κ2) is 6.24. The maximum atomic E-state index is 11.9. The number of benzene rings is 1. The SMILES string of the molecule is Cc1cc(Br)c(=O)n(CC(=O)Nc2cccc(Cl)c2)c1. The number of rotatable bonds is 3. The normalized spacial score (nSPS) is 10.3. The molecule has 0 saturated heterocycles. The lowest BCUT2D eigenvalue weighted by atomic mass is 10.3. The highest BCUT2D eigenvalue weighted by Gasteiger charge is 2.08. The van der Waals surface area contributed by atoms with E-state index in [4.69, 9.17) is 11.6 Å². The van der Waals surface area contributed by atoms with E-state index >= 15 is 0 Å². The number of hydrogen-bond acceptors (Lipinski definition) is 2. The highest BCUT2D eigenvalue weighted by Crippen LogP contribution is 2.14. The fourth-order valence-electron chi connectivity index (χ4n) is 1.78. The lowest BCUT2D eigenvalue weighted by molar-refractivity contribution is -0.116. The number of anilines is 1. The van der Waals surface area contributed by atoms with Gasteiger partial charge in [-0.2, -0.15) is 0 Å². The summed E-state index contributed by atoms with van der Waals surface area (Å²) in [7, 11) is 0. The molecule has 0 radical (unpaired) electrons. The third-order valence-electron chi connectivity index (χ3n) is 2.60. The quantitative estimate of drug-likeness (QED) is 0.919. The molecule has 1 heterocycles. The van der Waals surface area contributed by atoms with Gasteiger partial charge in [-0.25, -0.2) is 0 Å². The minimum absolute atomic E-state index is 0.0500. The Balaban J connectivity index is 2.15. The summed E-state index contributed by atoms with van der Waals surface area (Å²) >= 11 is 9.02. The van der Waals surface area contributed by atoms with Crippen LogP contribution < -0.4 is 10.9 Å². The zero-order chi connectivity index (χ0) is 14.7. The largest absolute Gasteiger partial charge is 0.324 e. The highest BCUT2D eigenvalue weighted by molar-refractivity contribution is 9.10. The molecule has 0 spiro atoms. The minimum atomic E-state index is -0.285. The molecule has 6 heteroatoms. The van der Waals surface area contributed by atoms with Gasteiger partial charge in [0.1, 0.15) is 6.54 Å². The van der Waals surface area contributed by atoms with Crippen LogP contribution >= 0.6 is 27.5 Å². The van der Waals surface area contributed by atoms with Crippen molar-refractivity contribution < 1.29 is 4.79 Å². The topological polar surface area (TPSA) is 51.1 Å². The molecule has 2 aromatic rings. The van der Waals surface area contributed by atoms with E-state index in [9.17, 15) is 9.59 Å². The minimum Gasteiger partial charge on any atom is -0.324 e. The smallest absolute Gasteiger partial charge is 0.265 e. The lowest BCUT2D eigenvalue weighted by Gasteiger charge is -2.09. The van der Waals surface area contributed by atoms with Gasteiger partial charge in [-0.15, -0.1) is 0 Å². The molecule has 0 aliphatic rings. The molecule has 20 heavy (non-hydrogen) atoms. The first-order chi connectivity index (χ1) is 9.45. The maximum Gasteiger partial charge on any atom is 0.265 e. The predicted molar refractivity (Wildman–Crippen MR) is 83.2 cm³/mol. The summed E-state index contributed by atoms with van der Waals surface area (Å²) in [6.45, 7) is 1.81. The molecule has 4 nitrogen and oxygen atoms in total. The zero-order valence-corrected chi connectivity index (χ0v) is 13.0. The van der Waals surface area contributed by atoms with Crippen LogP contribution in [0.5, 0.6) is 0 Å². The number of nitrogens with zero attached hydrogens (tertiary/aromatic N) is 1. The van der Waals surface area contributed by atoms with Gasteiger partial charge in [-0.05, 0) is 52.7 Å². The lowest BCUT2D eigenvalue weighted by Crippen LogP contribution is -2.27. The van der Waals surface area contributed by atoms with Crippen molar-refractivity contribution in [3.05, 3.63) is 61.9 Å². The van der Waals surface area contributed by atoms with E-state index < -0.39 is 0 Å². The number of halogens is 2. The number of aryl methyl sites for hydroxylation is 1. The molecular weight excluding hydrogens is 344 g/mol. The third kappa shape index (κ3) is 3.71. The number of carbonyl (C=O) groups is 1. The van der Waals surface area contributed by atoms with Crippen LogP contribution in [0.4, 0.5) is 5.69 Å². The van der Waals surface area contributed by atoms with Gasteiger partial charge in [0.25, 0.3) is 5.56 Å². The van der Waals surface area contributed by atoms with Gasteiger partial charge >= 0.3 is 0 Å². The Bertz CT molecular complexity index is 713. The van der Waals surface area contributed by atoms with Crippen molar-refractivity contribution in [2.75, 3.05) is 5.32 Å². The molecule has 0 fully saturated rings. The van der Waals surface area contributed by atoms with E-state index in [1.54, 1.807) is 36.5 Å². The third-order valence-corrected chi connectivity index (χ3v) is 3.40. The molecule has 104 valence electrons. The molecule has 0 unspecified atom stereocenters. The van der Waals surface area contributed by atoms with Gasteiger partial charge in [0.05, 0.1) is 4.47 Å². The zero-order valence-electron chi connectivity index (χ0n) is 10.7. The van der Waals surface area contributed by atoms with Crippen LogP contribution in [0.2, 0.25) is 5.02 Å². The Morgan fingerprint density at radius 2 is 2.15 bits per heavy atom. The van der Waals surface area contributed by atoms with Crippen molar-refractivity contribution in [3.8, 4) is 0 Å². The molecule has 0 atom stereocenters. The molecule has 1 aromatic heterocycles. The van der Waals surface area contributed by atoms with Gasteiger partial charge < -0.3 is 9.88 Å². The molecule has 0 aliphatic carbocycles. The standard InChI is InChI=1S/C14H12BrClN2O2/c1-9-5-12(15)14(20)18(7-9)8-13(19)17-11-4-2-3-10(16)6-11/h2-7H,8H2,1H3,(H,17,19). The van der Waals surface area contributed by atoms with E-state index in [0.717, 1.165) is 5.56 Å². The molecule has 1 aromatic carbocycles. The molecule has 0 saturated carbocycles. The van der Waals surface area contributed by atoms with E-state index in [2.05, 4.69) is 21.2 Å². The Hall–Kier alpha value is -1.59. The maximum absolute atomic E-state index is 11.9. The van der Waals surface area contributed by atoms with E-state index in [1.807, 2.05) is 6.92 Å². The van der Waals surface area contributed by atoms with Crippen molar-refractivity contribution in [2.24, 2.45) is 0 Å². The molecule has 2 rings (SSSR count). The highest BCUT2D eigenvalue weighted by atomic mass is 79.9. The summed E-state index contributed by atoms with van der Waals surface area (Å²) in [5.74, 6) is -0.285. The van der Waals surface area contributed by atoms with Crippen LogP contribution in [0.15, 0.2) is 45.8 Å². The Labute approximate surface area is 129 Å². The van der Waals surface area contributed by atoms with Crippen molar-refractivity contribution in [1.29, 1.82) is 0 Å². The number of nitrogens with one attached hydrogen (secondary N) is 1. The van der Waals surface area contributed by atoms with Crippen LogP contribution in [0, 0.1) is 6.92 Å². The second-order valence-corrected chi connectivity index (χ2v) is 5.65. The first-order valence-electron chi connectivity index (χ1n) is 5.88. The summed E-state index contributed by atoms with van der Waals surface area (Å²) in [4.78, 5) is 23.8. The van der Waals surface area contributed by atoms with Crippen LogP contribution in [-0.4, -0.2) is 10.5 Å².